The van der Waals surface area contributed by atoms with E-state index in [-0.39, 0.29) is 0 Å². The van der Waals surface area contributed by atoms with Crippen LogP contribution in [0.1, 0.15) is 5.56 Å². The molecule has 0 radical (unpaired) electrons. The van der Waals surface area contributed by atoms with Gasteiger partial charge in [0.1, 0.15) is 0 Å². The first kappa shape index (κ1) is 9.72. The quantitative estimate of drug-likeness (QED) is 0.350. The maximum atomic E-state index is 5.98. The van der Waals surface area contributed by atoms with Gasteiger partial charge in [0.05, 0.1) is 0 Å². The van der Waals surface area contributed by atoms with Crippen LogP contribution in [0.3, 0.4) is 0 Å². The molecule has 18 heavy (non-hydrogen) atoms. The van der Waals surface area contributed by atoms with Crippen molar-refractivity contribution in [1.82, 2.24) is 0 Å². The van der Waals surface area contributed by atoms with Crippen molar-refractivity contribution in [3.05, 3.63) is 54.1 Å². The maximum absolute atomic E-state index is 5.98. The monoisotopic (exact) mass is 231 g/mol. The van der Waals surface area contributed by atoms with E-state index in [2.05, 4.69) is 55.5 Å². The van der Waals surface area contributed by atoms with Gasteiger partial charge < -0.3 is 5.73 Å². The number of nitrogen functional groups attached to an aromatic ring is 1. The molecule has 0 aromatic heterocycles. The molecule has 0 heterocycles. The van der Waals surface area contributed by atoms with Crippen molar-refractivity contribution < 1.29 is 0 Å². The Hall–Kier alpha value is -2.28. The Bertz CT molecular complexity index is 890. The van der Waals surface area contributed by atoms with Gasteiger partial charge in [-0.2, -0.15) is 0 Å². The molecule has 4 rings (SSSR count). The average Bonchev–Trinajstić information content (AvgIpc) is 2.36. The summed E-state index contributed by atoms with van der Waals surface area (Å²) in [7, 11) is 0. The standard InChI is InChI=1S/C17H13N/c1-10-7-13-9-14(18)8-12-6-5-11-3-2-4-15(10)17(11)16(12)13/h2-9H,18H2,1H3. The predicted molar refractivity (Wildman–Crippen MR) is 79.3 cm³/mol. The van der Waals surface area contributed by atoms with E-state index >= 15 is 0 Å². The van der Waals surface area contributed by atoms with Gasteiger partial charge in [-0.15, -0.1) is 0 Å². The highest BCUT2D eigenvalue weighted by molar-refractivity contribution is 6.24. The van der Waals surface area contributed by atoms with Gasteiger partial charge in [0.25, 0.3) is 0 Å². The number of hydrogen-bond acceptors (Lipinski definition) is 1. The van der Waals surface area contributed by atoms with Crippen molar-refractivity contribution in [2.75, 3.05) is 5.73 Å². The maximum Gasteiger partial charge on any atom is 0.0326 e. The third-order valence-corrected chi connectivity index (χ3v) is 3.81. The molecule has 0 amide bonds. The van der Waals surface area contributed by atoms with E-state index in [1.807, 2.05) is 0 Å². The van der Waals surface area contributed by atoms with E-state index in [4.69, 9.17) is 5.73 Å². The molecule has 4 aromatic rings. The highest BCUT2D eigenvalue weighted by atomic mass is 14.5. The summed E-state index contributed by atoms with van der Waals surface area (Å²) >= 11 is 0. The van der Waals surface area contributed by atoms with Crippen molar-refractivity contribution in [1.29, 1.82) is 0 Å². The minimum Gasteiger partial charge on any atom is -0.399 e. The zero-order valence-corrected chi connectivity index (χ0v) is 10.2. The number of hydrogen-bond donors (Lipinski definition) is 1. The van der Waals surface area contributed by atoms with Crippen molar-refractivity contribution in [2.45, 2.75) is 6.92 Å². The van der Waals surface area contributed by atoms with Crippen molar-refractivity contribution in [3.8, 4) is 0 Å². The first-order chi connectivity index (χ1) is 8.74. The molecule has 0 aliphatic rings. The molecule has 0 atom stereocenters. The smallest absolute Gasteiger partial charge is 0.0326 e. The number of nitrogens with two attached hydrogens (primary N) is 1. The summed E-state index contributed by atoms with van der Waals surface area (Å²) in [6, 6.07) is 17.2. The number of aryl methyl sites for hydroxylation is 1. The molecular formula is C17H13N. The van der Waals surface area contributed by atoms with Crippen LogP contribution in [0.25, 0.3) is 32.3 Å². The van der Waals surface area contributed by atoms with Crippen LogP contribution in [0.5, 0.6) is 0 Å². The van der Waals surface area contributed by atoms with Gasteiger partial charge in [0.15, 0.2) is 0 Å². The lowest BCUT2D eigenvalue weighted by Gasteiger charge is -2.13. The van der Waals surface area contributed by atoms with Crippen LogP contribution in [0.15, 0.2) is 48.5 Å². The Morgan fingerprint density at radius 2 is 1.56 bits per heavy atom. The highest BCUT2D eigenvalue weighted by Gasteiger charge is 2.10. The third kappa shape index (κ3) is 1.11. The normalized spacial score (nSPS) is 11.8. The summed E-state index contributed by atoms with van der Waals surface area (Å²) in [6.07, 6.45) is 0. The molecule has 0 aliphatic heterocycles. The summed E-state index contributed by atoms with van der Waals surface area (Å²) in [5.74, 6) is 0. The van der Waals surface area contributed by atoms with Crippen LogP contribution < -0.4 is 5.73 Å². The van der Waals surface area contributed by atoms with Crippen LogP contribution >= 0.6 is 0 Å². The zero-order valence-electron chi connectivity index (χ0n) is 10.2. The molecule has 0 fully saturated rings. The molecule has 86 valence electrons. The van der Waals surface area contributed by atoms with E-state index in [0.29, 0.717) is 0 Å². The van der Waals surface area contributed by atoms with E-state index in [1.54, 1.807) is 0 Å². The summed E-state index contributed by atoms with van der Waals surface area (Å²) in [6.45, 7) is 2.17. The lowest BCUT2D eigenvalue weighted by atomic mass is 9.91. The highest BCUT2D eigenvalue weighted by Crippen LogP contribution is 2.37. The second kappa shape index (κ2) is 3.14. The first-order valence-corrected chi connectivity index (χ1v) is 6.18. The van der Waals surface area contributed by atoms with Gasteiger partial charge in [-0.1, -0.05) is 36.4 Å². The van der Waals surface area contributed by atoms with Gasteiger partial charge >= 0.3 is 0 Å². The number of benzene rings is 4. The molecule has 0 bridgehead atoms. The Morgan fingerprint density at radius 1 is 0.778 bits per heavy atom. The average molecular weight is 231 g/mol. The number of anilines is 1. The first-order valence-electron chi connectivity index (χ1n) is 6.18. The fourth-order valence-electron chi connectivity index (χ4n) is 3.05. The summed E-state index contributed by atoms with van der Waals surface area (Å²) in [5.41, 5.74) is 8.13. The Kier molecular flexibility index (Phi) is 1.69. The van der Waals surface area contributed by atoms with Crippen LogP contribution in [-0.2, 0) is 0 Å². The second-order valence-electron chi connectivity index (χ2n) is 5.00. The van der Waals surface area contributed by atoms with Crippen molar-refractivity contribution in [2.24, 2.45) is 0 Å². The topological polar surface area (TPSA) is 26.0 Å². The van der Waals surface area contributed by atoms with Crippen LogP contribution in [0.2, 0.25) is 0 Å². The number of rotatable bonds is 0. The lowest BCUT2D eigenvalue weighted by molar-refractivity contribution is 1.56. The zero-order chi connectivity index (χ0) is 12.3. The molecule has 0 aliphatic carbocycles. The molecule has 1 heteroatoms. The van der Waals surface area contributed by atoms with Gasteiger partial charge in [-0.3, -0.25) is 0 Å². The third-order valence-electron chi connectivity index (χ3n) is 3.81. The largest absolute Gasteiger partial charge is 0.399 e. The van der Waals surface area contributed by atoms with E-state index < -0.39 is 0 Å². The predicted octanol–water partition coefficient (Wildman–Crippen LogP) is 4.47. The molecule has 1 nitrogen and oxygen atoms in total. The molecular weight excluding hydrogens is 218 g/mol. The molecule has 0 spiro atoms. The van der Waals surface area contributed by atoms with Crippen molar-refractivity contribution >= 4 is 38.0 Å². The van der Waals surface area contributed by atoms with Gasteiger partial charge in [0, 0.05) is 5.69 Å². The van der Waals surface area contributed by atoms with E-state index in [1.165, 1.54) is 37.9 Å². The molecule has 4 aromatic carbocycles. The van der Waals surface area contributed by atoms with E-state index in [0.717, 1.165) is 5.69 Å². The van der Waals surface area contributed by atoms with Crippen LogP contribution in [-0.4, -0.2) is 0 Å². The Morgan fingerprint density at radius 3 is 2.44 bits per heavy atom. The van der Waals surface area contributed by atoms with E-state index in [9.17, 15) is 0 Å². The second-order valence-corrected chi connectivity index (χ2v) is 5.00. The van der Waals surface area contributed by atoms with Crippen LogP contribution in [0, 0.1) is 6.92 Å². The van der Waals surface area contributed by atoms with Gasteiger partial charge in [-0.25, -0.2) is 0 Å². The summed E-state index contributed by atoms with van der Waals surface area (Å²) < 4.78 is 0. The molecule has 2 N–H and O–H groups in total. The summed E-state index contributed by atoms with van der Waals surface area (Å²) in [4.78, 5) is 0. The lowest BCUT2D eigenvalue weighted by Crippen LogP contribution is -1.89. The fraction of sp³-hybridized carbons (Fsp3) is 0.0588. The summed E-state index contributed by atoms with van der Waals surface area (Å²) in [5, 5.41) is 7.82. The Labute approximate surface area is 105 Å². The minimum atomic E-state index is 0.834. The Balaban J connectivity index is 2.46. The molecule has 0 unspecified atom stereocenters. The fourth-order valence-corrected chi connectivity index (χ4v) is 3.05. The van der Waals surface area contributed by atoms with Crippen molar-refractivity contribution in [3.63, 3.8) is 0 Å². The van der Waals surface area contributed by atoms with Gasteiger partial charge in [0.2, 0.25) is 0 Å². The van der Waals surface area contributed by atoms with Gasteiger partial charge in [-0.05, 0) is 56.9 Å². The molecule has 0 saturated carbocycles. The van der Waals surface area contributed by atoms with Crippen LogP contribution in [0.4, 0.5) is 5.69 Å². The SMILES string of the molecule is Cc1cc2cc(N)cc3ccc4cccc1c4c32. The minimum absolute atomic E-state index is 0.834. The molecule has 0 saturated heterocycles.